The number of aromatic amines is 1. The second kappa shape index (κ2) is 3.04. The summed E-state index contributed by atoms with van der Waals surface area (Å²) >= 11 is 0. The molecule has 0 fully saturated rings. The third-order valence-electron chi connectivity index (χ3n) is 2.78. The van der Waals surface area contributed by atoms with Crippen molar-refractivity contribution in [3.05, 3.63) is 41.1 Å². The lowest BCUT2D eigenvalue weighted by molar-refractivity contribution is 1.07. The molecule has 16 heavy (non-hydrogen) atoms. The summed E-state index contributed by atoms with van der Waals surface area (Å²) in [6.07, 6.45) is 0. The van der Waals surface area contributed by atoms with E-state index in [0.29, 0.717) is 5.69 Å². The summed E-state index contributed by atoms with van der Waals surface area (Å²) in [5, 5.41) is 15.9. The van der Waals surface area contributed by atoms with Crippen molar-refractivity contribution < 1.29 is 0 Å². The van der Waals surface area contributed by atoms with Crippen LogP contribution in [0.1, 0.15) is 16.8 Å². The quantitative estimate of drug-likeness (QED) is 0.611. The molecule has 0 saturated carbocycles. The number of benzene rings is 1. The van der Waals surface area contributed by atoms with Gasteiger partial charge in [-0.25, -0.2) is 0 Å². The Morgan fingerprint density at radius 3 is 2.75 bits per heavy atom. The Kier molecular flexibility index (Phi) is 1.68. The van der Waals surface area contributed by atoms with Crippen molar-refractivity contribution in [3.63, 3.8) is 0 Å². The van der Waals surface area contributed by atoms with Crippen LogP contribution in [-0.4, -0.2) is 23.0 Å². The number of rotatable bonds is 0. The fraction of sp³-hybridized carbons (Fsp3) is 0.0833. The number of nitriles is 1. The van der Waals surface area contributed by atoms with E-state index < -0.39 is 0 Å². The van der Waals surface area contributed by atoms with E-state index in [1.165, 1.54) is 0 Å². The maximum absolute atomic E-state index is 9.00. The summed E-state index contributed by atoms with van der Waals surface area (Å²) < 4.78 is 0. The number of H-pyrrole nitrogens is 1. The van der Waals surface area contributed by atoms with Gasteiger partial charge in [0.2, 0.25) is 0 Å². The van der Waals surface area contributed by atoms with Gasteiger partial charge in [-0.15, -0.1) is 0 Å². The normalized spacial score (nSPS) is 14.6. The Morgan fingerprint density at radius 2 is 2.06 bits per heavy atom. The highest BCUT2D eigenvalue weighted by Gasteiger charge is 2.29. The first-order valence-electron chi connectivity index (χ1n) is 4.92. The van der Waals surface area contributed by atoms with Gasteiger partial charge in [0.1, 0.15) is 6.07 Å². The Balaban J connectivity index is 2.41. The molecule has 1 aliphatic carbocycles. The summed E-state index contributed by atoms with van der Waals surface area (Å²) in [5.41, 5.74) is 5.10. The van der Waals surface area contributed by atoms with E-state index in [-0.39, 0.29) is 0 Å². The van der Waals surface area contributed by atoms with Gasteiger partial charge in [-0.3, -0.25) is 10.1 Å². The van der Waals surface area contributed by atoms with E-state index in [0.717, 1.165) is 28.1 Å². The van der Waals surface area contributed by atoms with Crippen LogP contribution in [0.3, 0.4) is 0 Å². The van der Waals surface area contributed by atoms with Crippen molar-refractivity contribution >= 4 is 5.71 Å². The Labute approximate surface area is 92.3 Å². The molecule has 1 aromatic carbocycles. The van der Waals surface area contributed by atoms with Crippen molar-refractivity contribution in [3.8, 4) is 17.3 Å². The third kappa shape index (κ3) is 0.920. The molecule has 1 aromatic heterocycles. The van der Waals surface area contributed by atoms with Gasteiger partial charge >= 0.3 is 0 Å². The monoisotopic (exact) mass is 208 g/mol. The Bertz CT molecular complexity index is 643. The van der Waals surface area contributed by atoms with Crippen LogP contribution in [0.25, 0.3) is 11.3 Å². The van der Waals surface area contributed by atoms with Gasteiger partial charge in [-0.2, -0.15) is 10.4 Å². The second-order valence-corrected chi connectivity index (χ2v) is 3.55. The zero-order valence-corrected chi connectivity index (χ0v) is 8.65. The number of hydrogen-bond donors (Lipinski definition) is 1. The molecule has 1 heterocycles. The Hall–Kier alpha value is -2.41. The summed E-state index contributed by atoms with van der Waals surface area (Å²) in [5.74, 6) is 0. The summed E-state index contributed by atoms with van der Waals surface area (Å²) in [7, 11) is 1.73. The molecule has 2 aromatic rings. The fourth-order valence-electron chi connectivity index (χ4n) is 2.12. The molecule has 76 valence electrons. The van der Waals surface area contributed by atoms with E-state index in [9.17, 15) is 0 Å². The topological polar surface area (TPSA) is 64.8 Å². The zero-order valence-electron chi connectivity index (χ0n) is 8.65. The minimum absolute atomic E-state index is 0.409. The predicted octanol–water partition coefficient (Wildman–Crippen LogP) is 1.73. The molecule has 0 atom stereocenters. The van der Waals surface area contributed by atoms with Gasteiger partial charge in [-0.1, -0.05) is 24.3 Å². The molecule has 4 nitrogen and oxygen atoms in total. The van der Waals surface area contributed by atoms with Crippen molar-refractivity contribution in [2.75, 3.05) is 7.05 Å². The van der Waals surface area contributed by atoms with Crippen molar-refractivity contribution in [1.82, 2.24) is 10.2 Å². The van der Waals surface area contributed by atoms with Crippen LogP contribution in [0.5, 0.6) is 0 Å². The third-order valence-corrected chi connectivity index (χ3v) is 2.78. The highest BCUT2D eigenvalue weighted by molar-refractivity contribution is 6.24. The smallest absolute Gasteiger partial charge is 0.172 e. The van der Waals surface area contributed by atoms with Crippen LogP contribution in [0.15, 0.2) is 29.3 Å². The van der Waals surface area contributed by atoms with E-state index in [1.807, 2.05) is 24.3 Å². The maximum Gasteiger partial charge on any atom is 0.172 e. The maximum atomic E-state index is 9.00. The molecule has 0 aliphatic heterocycles. The number of nitrogens with zero attached hydrogens (tertiary/aromatic N) is 3. The lowest BCUT2D eigenvalue weighted by atomic mass is 10.1. The van der Waals surface area contributed by atoms with E-state index in [2.05, 4.69) is 21.3 Å². The van der Waals surface area contributed by atoms with Gasteiger partial charge in [0.05, 0.1) is 17.0 Å². The first kappa shape index (κ1) is 8.86. The summed E-state index contributed by atoms with van der Waals surface area (Å²) in [6, 6.07) is 10.0. The van der Waals surface area contributed by atoms with Gasteiger partial charge in [-0.05, 0) is 0 Å². The molecule has 0 bridgehead atoms. The molecule has 0 unspecified atom stereocenters. The molecule has 0 radical (unpaired) electrons. The van der Waals surface area contributed by atoms with Crippen LogP contribution in [0.2, 0.25) is 0 Å². The number of fused-ring (bicyclic) bond motifs is 3. The average molecular weight is 208 g/mol. The van der Waals surface area contributed by atoms with Gasteiger partial charge in [0.15, 0.2) is 5.69 Å². The van der Waals surface area contributed by atoms with Crippen LogP contribution >= 0.6 is 0 Å². The number of aliphatic imine (C=N–C) groups is 1. The van der Waals surface area contributed by atoms with E-state index >= 15 is 0 Å². The molecule has 0 saturated heterocycles. The average Bonchev–Trinajstić information content (AvgIpc) is 2.86. The van der Waals surface area contributed by atoms with Crippen LogP contribution in [0.4, 0.5) is 0 Å². The predicted molar refractivity (Wildman–Crippen MR) is 60.3 cm³/mol. The van der Waals surface area contributed by atoms with E-state index in [4.69, 9.17) is 5.26 Å². The summed E-state index contributed by atoms with van der Waals surface area (Å²) in [4.78, 5) is 4.26. The van der Waals surface area contributed by atoms with Gasteiger partial charge in [0.25, 0.3) is 0 Å². The lowest BCUT2D eigenvalue weighted by Crippen LogP contribution is -1.99. The van der Waals surface area contributed by atoms with Crippen LogP contribution in [-0.2, 0) is 0 Å². The van der Waals surface area contributed by atoms with E-state index in [1.54, 1.807) is 7.05 Å². The summed E-state index contributed by atoms with van der Waals surface area (Å²) in [6.45, 7) is 0. The van der Waals surface area contributed by atoms with Gasteiger partial charge in [0, 0.05) is 18.2 Å². The molecule has 0 spiro atoms. The molecule has 1 aliphatic rings. The fourth-order valence-corrected chi connectivity index (χ4v) is 2.12. The highest BCUT2D eigenvalue weighted by atomic mass is 15.1. The molecule has 0 amide bonds. The first-order valence-corrected chi connectivity index (χ1v) is 4.92. The molecule has 3 rings (SSSR count). The lowest BCUT2D eigenvalue weighted by Gasteiger charge is -1.98. The van der Waals surface area contributed by atoms with Crippen LogP contribution < -0.4 is 0 Å². The SMILES string of the molecule is CN=C1c2ccccc2-c2[nH]nc(C#N)c21. The number of aromatic nitrogens is 2. The van der Waals surface area contributed by atoms with Gasteiger partial charge < -0.3 is 0 Å². The second-order valence-electron chi connectivity index (χ2n) is 3.55. The first-order chi connectivity index (χ1) is 7.86. The number of hydrogen-bond acceptors (Lipinski definition) is 3. The Morgan fingerprint density at radius 1 is 1.31 bits per heavy atom. The minimum atomic E-state index is 0.409. The molecular weight excluding hydrogens is 200 g/mol. The van der Waals surface area contributed by atoms with Crippen LogP contribution in [0, 0.1) is 11.3 Å². The highest BCUT2D eigenvalue weighted by Crippen LogP contribution is 2.36. The standard InChI is InChI=1S/C12H8N4/c1-14-11-7-4-2-3-5-8(7)12-10(11)9(6-13)15-16-12/h2-5H,1H3,(H,15,16). The number of nitrogens with one attached hydrogen (secondary N) is 1. The van der Waals surface area contributed by atoms with Crippen molar-refractivity contribution in [1.29, 1.82) is 5.26 Å². The molecule has 4 heteroatoms. The zero-order chi connectivity index (χ0) is 11.1. The van der Waals surface area contributed by atoms with Crippen molar-refractivity contribution in [2.45, 2.75) is 0 Å². The van der Waals surface area contributed by atoms with Crippen molar-refractivity contribution in [2.24, 2.45) is 4.99 Å². The molecular formula is C12H8N4. The minimum Gasteiger partial charge on any atom is -0.287 e. The molecule has 1 N–H and O–H groups in total. The largest absolute Gasteiger partial charge is 0.287 e.